The Hall–Kier alpha value is -2.93. The number of amides is 2. The predicted molar refractivity (Wildman–Crippen MR) is 81.0 cm³/mol. The van der Waals surface area contributed by atoms with Crippen molar-refractivity contribution in [2.45, 2.75) is 0 Å². The monoisotopic (exact) mass is 319 g/mol. The first-order valence-corrected chi connectivity index (χ1v) is 6.41. The van der Waals surface area contributed by atoms with Gasteiger partial charge < -0.3 is 11.1 Å². The molecule has 22 heavy (non-hydrogen) atoms. The predicted octanol–water partition coefficient (Wildman–Crippen LogP) is 2.60. The number of nitro groups is 1. The molecule has 0 unspecified atom stereocenters. The summed E-state index contributed by atoms with van der Waals surface area (Å²) in [5.74, 6) is -1.18. The Kier molecular flexibility index (Phi) is 4.38. The number of rotatable bonds is 4. The minimum atomic E-state index is -0.621. The highest BCUT2D eigenvalue weighted by molar-refractivity contribution is 6.34. The Balaban J connectivity index is 2.24. The van der Waals surface area contributed by atoms with Crippen molar-refractivity contribution >= 4 is 34.8 Å². The van der Waals surface area contributed by atoms with Crippen LogP contribution in [0.3, 0.4) is 0 Å². The van der Waals surface area contributed by atoms with E-state index >= 15 is 0 Å². The van der Waals surface area contributed by atoms with E-state index in [0.29, 0.717) is 5.69 Å². The van der Waals surface area contributed by atoms with Gasteiger partial charge in [0, 0.05) is 23.4 Å². The van der Waals surface area contributed by atoms with Gasteiger partial charge in [0.2, 0.25) is 5.91 Å². The second-order valence-corrected chi connectivity index (χ2v) is 4.73. The van der Waals surface area contributed by atoms with Crippen LogP contribution in [0.4, 0.5) is 11.4 Å². The molecule has 0 aliphatic heterocycles. The number of non-ortho nitro benzene ring substituents is 1. The van der Waals surface area contributed by atoms with Gasteiger partial charge in [0.05, 0.1) is 15.5 Å². The maximum atomic E-state index is 12.1. The number of hydrogen-bond donors (Lipinski definition) is 2. The molecule has 2 aromatic rings. The fourth-order valence-corrected chi connectivity index (χ4v) is 2.01. The van der Waals surface area contributed by atoms with Gasteiger partial charge in [-0.05, 0) is 24.3 Å². The van der Waals surface area contributed by atoms with Crippen LogP contribution in [-0.2, 0) is 0 Å². The van der Waals surface area contributed by atoms with Crippen LogP contribution >= 0.6 is 11.6 Å². The smallest absolute Gasteiger partial charge is 0.270 e. The zero-order valence-electron chi connectivity index (χ0n) is 11.1. The van der Waals surface area contributed by atoms with Crippen molar-refractivity contribution in [1.82, 2.24) is 0 Å². The number of nitrogens with one attached hydrogen (secondary N) is 1. The third kappa shape index (κ3) is 3.39. The quantitative estimate of drug-likeness (QED) is 0.665. The van der Waals surface area contributed by atoms with Crippen LogP contribution in [0.25, 0.3) is 0 Å². The summed E-state index contributed by atoms with van der Waals surface area (Å²) >= 11 is 5.88. The van der Waals surface area contributed by atoms with E-state index < -0.39 is 16.7 Å². The van der Waals surface area contributed by atoms with Crippen LogP contribution in [0.1, 0.15) is 20.7 Å². The number of primary amides is 1. The molecule has 0 bridgehead atoms. The van der Waals surface area contributed by atoms with E-state index in [0.717, 1.165) is 6.07 Å². The number of hydrogen-bond acceptors (Lipinski definition) is 4. The molecule has 2 aromatic carbocycles. The van der Waals surface area contributed by atoms with E-state index in [1.807, 2.05) is 0 Å². The van der Waals surface area contributed by atoms with E-state index in [1.165, 1.54) is 24.3 Å². The van der Waals surface area contributed by atoms with Crippen LogP contribution in [-0.4, -0.2) is 16.7 Å². The van der Waals surface area contributed by atoms with Crippen LogP contribution in [0.5, 0.6) is 0 Å². The van der Waals surface area contributed by atoms with Gasteiger partial charge in [0.15, 0.2) is 0 Å². The zero-order valence-corrected chi connectivity index (χ0v) is 11.8. The van der Waals surface area contributed by atoms with Crippen molar-refractivity contribution in [3.05, 3.63) is 68.7 Å². The normalized spacial score (nSPS) is 10.0. The molecule has 0 heterocycles. The van der Waals surface area contributed by atoms with Crippen molar-refractivity contribution < 1.29 is 14.5 Å². The summed E-state index contributed by atoms with van der Waals surface area (Å²) in [4.78, 5) is 33.2. The molecular weight excluding hydrogens is 310 g/mol. The summed E-state index contributed by atoms with van der Waals surface area (Å²) in [6.07, 6.45) is 0. The lowest BCUT2D eigenvalue weighted by atomic mass is 10.1. The molecule has 0 fully saturated rings. The van der Waals surface area contributed by atoms with Gasteiger partial charge in [0.25, 0.3) is 11.6 Å². The van der Waals surface area contributed by atoms with Crippen molar-refractivity contribution in [3.63, 3.8) is 0 Å². The molecule has 2 amide bonds. The Labute approximate surface area is 129 Å². The van der Waals surface area contributed by atoms with Gasteiger partial charge in [-0.25, -0.2) is 0 Å². The van der Waals surface area contributed by atoms with E-state index in [9.17, 15) is 19.7 Å². The third-order valence-corrected chi connectivity index (χ3v) is 3.13. The number of nitro benzene ring substituents is 1. The maximum Gasteiger partial charge on any atom is 0.270 e. The van der Waals surface area contributed by atoms with Crippen LogP contribution in [0.2, 0.25) is 5.02 Å². The first-order valence-electron chi connectivity index (χ1n) is 6.03. The molecule has 0 spiro atoms. The number of anilines is 1. The van der Waals surface area contributed by atoms with Crippen molar-refractivity contribution in [2.24, 2.45) is 5.73 Å². The van der Waals surface area contributed by atoms with Crippen LogP contribution in [0.15, 0.2) is 42.5 Å². The van der Waals surface area contributed by atoms with Crippen LogP contribution in [0, 0.1) is 10.1 Å². The standard InChI is InChI=1S/C14H10ClN3O4/c15-12-7-10(18(21)22)4-5-11(12)14(20)17-9-3-1-2-8(6-9)13(16)19/h1-7H,(H2,16,19)(H,17,20). The van der Waals surface area contributed by atoms with E-state index in [4.69, 9.17) is 17.3 Å². The van der Waals surface area contributed by atoms with Gasteiger partial charge in [-0.1, -0.05) is 17.7 Å². The molecule has 112 valence electrons. The van der Waals surface area contributed by atoms with Gasteiger partial charge in [0.1, 0.15) is 0 Å². The average Bonchev–Trinajstić information content (AvgIpc) is 2.47. The molecule has 0 saturated carbocycles. The Bertz CT molecular complexity index is 776. The SMILES string of the molecule is NC(=O)c1cccc(NC(=O)c2ccc([N+](=O)[O-])cc2Cl)c1. The molecule has 0 aliphatic rings. The largest absolute Gasteiger partial charge is 0.366 e. The number of carbonyl (C=O) groups excluding carboxylic acids is 2. The molecule has 7 nitrogen and oxygen atoms in total. The number of carbonyl (C=O) groups is 2. The minimum absolute atomic E-state index is 0.0437. The maximum absolute atomic E-state index is 12.1. The number of benzene rings is 2. The second kappa shape index (κ2) is 6.23. The van der Waals surface area contributed by atoms with Gasteiger partial charge in [-0.2, -0.15) is 0 Å². The number of nitrogens with zero attached hydrogens (tertiary/aromatic N) is 1. The topological polar surface area (TPSA) is 115 Å². The molecule has 0 radical (unpaired) electrons. The van der Waals surface area contributed by atoms with Crippen molar-refractivity contribution in [1.29, 1.82) is 0 Å². The fraction of sp³-hybridized carbons (Fsp3) is 0. The molecule has 0 aromatic heterocycles. The Morgan fingerprint density at radius 1 is 1.18 bits per heavy atom. The summed E-state index contributed by atoms with van der Waals surface area (Å²) in [6.45, 7) is 0. The van der Waals surface area contributed by atoms with Crippen LogP contribution < -0.4 is 11.1 Å². The summed E-state index contributed by atoms with van der Waals surface area (Å²) in [5.41, 5.74) is 5.63. The highest BCUT2D eigenvalue weighted by atomic mass is 35.5. The molecule has 0 aliphatic carbocycles. The van der Waals surface area contributed by atoms with E-state index in [-0.39, 0.29) is 21.8 Å². The third-order valence-electron chi connectivity index (χ3n) is 2.81. The lowest BCUT2D eigenvalue weighted by molar-refractivity contribution is -0.384. The van der Waals surface area contributed by atoms with Gasteiger partial charge >= 0.3 is 0 Å². The lowest BCUT2D eigenvalue weighted by Gasteiger charge is -2.07. The highest BCUT2D eigenvalue weighted by Gasteiger charge is 2.15. The zero-order chi connectivity index (χ0) is 16.3. The Morgan fingerprint density at radius 3 is 2.50 bits per heavy atom. The summed E-state index contributed by atoms with van der Waals surface area (Å²) in [7, 11) is 0. The second-order valence-electron chi connectivity index (χ2n) is 4.32. The molecule has 2 rings (SSSR count). The van der Waals surface area contributed by atoms with Gasteiger partial charge in [-0.3, -0.25) is 19.7 Å². The molecular formula is C14H10ClN3O4. The van der Waals surface area contributed by atoms with Gasteiger partial charge in [-0.15, -0.1) is 0 Å². The highest BCUT2D eigenvalue weighted by Crippen LogP contribution is 2.23. The minimum Gasteiger partial charge on any atom is -0.366 e. The average molecular weight is 320 g/mol. The summed E-state index contributed by atoms with van der Waals surface area (Å²) < 4.78 is 0. The Morgan fingerprint density at radius 2 is 1.91 bits per heavy atom. The molecule has 0 saturated heterocycles. The van der Waals surface area contributed by atoms with Crippen molar-refractivity contribution in [2.75, 3.05) is 5.32 Å². The lowest BCUT2D eigenvalue weighted by Crippen LogP contribution is -2.14. The van der Waals surface area contributed by atoms with E-state index in [1.54, 1.807) is 12.1 Å². The molecule has 0 atom stereocenters. The number of halogens is 1. The first kappa shape index (κ1) is 15.5. The summed E-state index contributed by atoms with van der Waals surface area (Å²) in [5, 5.41) is 13.1. The van der Waals surface area contributed by atoms with Crippen molar-refractivity contribution in [3.8, 4) is 0 Å². The fourth-order valence-electron chi connectivity index (χ4n) is 1.75. The van der Waals surface area contributed by atoms with E-state index in [2.05, 4.69) is 5.32 Å². The number of nitrogens with two attached hydrogens (primary N) is 1. The summed E-state index contributed by atoms with van der Waals surface area (Å²) in [6, 6.07) is 9.60. The first-order chi connectivity index (χ1) is 10.4. The molecule has 8 heteroatoms. The molecule has 3 N–H and O–H groups in total.